The Balaban J connectivity index is 2.47. The minimum atomic E-state index is -0.488. The number of aliphatic hydroxyl groups excluding tert-OH is 1. The van der Waals surface area contributed by atoms with Crippen LogP contribution in [0.5, 0.6) is 0 Å². The van der Waals surface area contributed by atoms with Crippen LogP contribution in [0.4, 0.5) is 0 Å². The van der Waals surface area contributed by atoms with Crippen molar-refractivity contribution in [2.45, 2.75) is 46.6 Å². The fraction of sp³-hybridized carbons (Fsp3) is 0.643. The van der Waals surface area contributed by atoms with Gasteiger partial charge in [0.2, 0.25) is 0 Å². The first-order chi connectivity index (χ1) is 7.36. The molecule has 2 heteroatoms. The normalized spacial score (nSPS) is 39.6. The lowest BCUT2D eigenvalue weighted by molar-refractivity contribution is -0.128. The molecule has 0 aromatic carbocycles. The number of fused-ring (bicyclic) bond motifs is 1. The summed E-state index contributed by atoms with van der Waals surface area (Å²) in [4.78, 5) is 12.2. The fourth-order valence-electron chi connectivity index (χ4n) is 3.05. The molecule has 3 atom stereocenters. The maximum absolute atomic E-state index is 12.2. The zero-order chi connectivity index (χ0) is 12.1. The monoisotopic (exact) mass is 220 g/mol. The van der Waals surface area contributed by atoms with E-state index in [2.05, 4.69) is 13.8 Å². The van der Waals surface area contributed by atoms with Crippen molar-refractivity contribution in [3.63, 3.8) is 0 Å². The van der Waals surface area contributed by atoms with Crippen molar-refractivity contribution in [1.29, 1.82) is 0 Å². The molecule has 0 amide bonds. The molecule has 0 saturated carbocycles. The van der Waals surface area contributed by atoms with Gasteiger partial charge in [-0.1, -0.05) is 18.1 Å². The Labute approximate surface area is 97.0 Å². The van der Waals surface area contributed by atoms with Crippen molar-refractivity contribution in [1.82, 2.24) is 0 Å². The average Bonchev–Trinajstić information content (AvgIpc) is 2.20. The molecule has 2 aliphatic carbocycles. The number of ketones is 1. The van der Waals surface area contributed by atoms with E-state index < -0.39 is 6.10 Å². The van der Waals surface area contributed by atoms with Crippen molar-refractivity contribution in [2.24, 2.45) is 11.3 Å². The van der Waals surface area contributed by atoms with Gasteiger partial charge in [0.05, 0.1) is 6.10 Å². The first-order valence-corrected chi connectivity index (χ1v) is 5.92. The van der Waals surface area contributed by atoms with Gasteiger partial charge >= 0.3 is 0 Å². The predicted molar refractivity (Wildman–Crippen MR) is 64.0 cm³/mol. The van der Waals surface area contributed by atoms with E-state index >= 15 is 0 Å². The van der Waals surface area contributed by atoms with Crippen LogP contribution >= 0.6 is 0 Å². The van der Waals surface area contributed by atoms with E-state index in [-0.39, 0.29) is 17.1 Å². The van der Waals surface area contributed by atoms with Gasteiger partial charge in [0, 0.05) is 11.3 Å². The summed E-state index contributed by atoms with van der Waals surface area (Å²) in [6, 6.07) is 0. The van der Waals surface area contributed by atoms with E-state index in [1.807, 2.05) is 13.8 Å². The highest BCUT2D eigenvalue weighted by Crippen LogP contribution is 2.49. The van der Waals surface area contributed by atoms with Gasteiger partial charge in [-0.2, -0.15) is 0 Å². The minimum absolute atomic E-state index is 0.0313. The second-order valence-electron chi connectivity index (χ2n) is 5.66. The van der Waals surface area contributed by atoms with E-state index in [4.69, 9.17) is 0 Å². The summed E-state index contributed by atoms with van der Waals surface area (Å²) >= 11 is 0. The molecule has 0 fully saturated rings. The van der Waals surface area contributed by atoms with Gasteiger partial charge in [0.25, 0.3) is 0 Å². The molecule has 2 aliphatic rings. The van der Waals surface area contributed by atoms with E-state index in [0.29, 0.717) is 0 Å². The fourth-order valence-corrected chi connectivity index (χ4v) is 3.05. The number of hydrogen-bond donors (Lipinski definition) is 1. The van der Waals surface area contributed by atoms with Crippen molar-refractivity contribution in [3.05, 3.63) is 22.8 Å². The van der Waals surface area contributed by atoms with Crippen LogP contribution in [-0.2, 0) is 4.79 Å². The van der Waals surface area contributed by atoms with Crippen LogP contribution in [0.15, 0.2) is 22.8 Å². The van der Waals surface area contributed by atoms with Crippen LogP contribution in [0, 0.1) is 11.3 Å². The second kappa shape index (κ2) is 3.56. The maximum atomic E-state index is 12.2. The van der Waals surface area contributed by atoms with Gasteiger partial charge in [-0.05, 0) is 45.3 Å². The number of allylic oxidation sites excluding steroid dienone is 3. The Kier molecular flexibility index (Phi) is 2.58. The molecule has 0 heterocycles. The lowest BCUT2D eigenvalue weighted by Crippen LogP contribution is -2.48. The number of Topliss-reactive ketones (excluding diaryl/α,β-unsaturated/α-hetero) is 1. The van der Waals surface area contributed by atoms with Crippen LogP contribution in [0.3, 0.4) is 0 Å². The van der Waals surface area contributed by atoms with Crippen molar-refractivity contribution < 1.29 is 9.90 Å². The SMILES string of the molecule is CC1=C[C@@H](O)[C@@]2(C)CC(C)=C(C)C[C@H]2C1=O. The lowest BCUT2D eigenvalue weighted by atomic mass is 9.58. The number of carbonyl (C=O) groups excluding carboxylic acids is 1. The molecule has 2 rings (SSSR count). The zero-order valence-corrected chi connectivity index (χ0v) is 10.5. The van der Waals surface area contributed by atoms with Crippen LogP contribution < -0.4 is 0 Å². The Bertz CT molecular complexity index is 403. The Morgan fingerprint density at radius 1 is 1.31 bits per heavy atom. The Morgan fingerprint density at radius 2 is 1.94 bits per heavy atom. The predicted octanol–water partition coefficient (Wildman–Crippen LogP) is 2.63. The lowest BCUT2D eigenvalue weighted by Gasteiger charge is -2.46. The van der Waals surface area contributed by atoms with Crippen LogP contribution in [0.2, 0.25) is 0 Å². The highest BCUT2D eigenvalue weighted by atomic mass is 16.3. The minimum Gasteiger partial charge on any atom is -0.388 e. The molecular weight excluding hydrogens is 200 g/mol. The molecule has 0 bridgehead atoms. The van der Waals surface area contributed by atoms with Gasteiger partial charge < -0.3 is 5.11 Å². The molecule has 0 radical (unpaired) electrons. The Hall–Kier alpha value is -0.890. The van der Waals surface area contributed by atoms with Crippen LogP contribution in [0.1, 0.15) is 40.5 Å². The van der Waals surface area contributed by atoms with Crippen molar-refractivity contribution in [3.8, 4) is 0 Å². The molecule has 2 nitrogen and oxygen atoms in total. The number of rotatable bonds is 0. The highest BCUT2D eigenvalue weighted by Gasteiger charge is 2.48. The van der Waals surface area contributed by atoms with Crippen LogP contribution in [0.25, 0.3) is 0 Å². The number of aliphatic hydroxyl groups is 1. The quantitative estimate of drug-likeness (QED) is 0.637. The molecule has 0 saturated heterocycles. The first-order valence-electron chi connectivity index (χ1n) is 5.92. The molecular formula is C14H20O2. The molecule has 0 aromatic heterocycles. The van der Waals surface area contributed by atoms with Crippen molar-refractivity contribution in [2.75, 3.05) is 0 Å². The molecule has 0 unspecified atom stereocenters. The van der Waals surface area contributed by atoms with Gasteiger partial charge in [-0.15, -0.1) is 0 Å². The summed E-state index contributed by atoms with van der Waals surface area (Å²) in [6.07, 6.45) is 2.88. The molecule has 88 valence electrons. The van der Waals surface area contributed by atoms with Gasteiger partial charge in [0.1, 0.15) is 0 Å². The van der Waals surface area contributed by atoms with Crippen LogP contribution in [-0.4, -0.2) is 17.0 Å². The molecule has 0 aromatic rings. The standard InChI is InChI=1S/C14H20O2/c1-8-5-11-13(16)9(2)6-12(15)14(11,4)7-10(8)3/h6,11-12,15H,5,7H2,1-4H3/t11-,12+,14-/m0/s1. The van der Waals surface area contributed by atoms with E-state index in [1.54, 1.807) is 6.08 Å². The summed E-state index contributed by atoms with van der Waals surface area (Å²) in [5.41, 5.74) is 3.08. The smallest absolute Gasteiger partial charge is 0.162 e. The second-order valence-corrected chi connectivity index (χ2v) is 5.66. The highest BCUT2D eigenvalue weighted by molar-refractivity contribution is 5.98. The molecule has 0 aliphatic heterocycles. The van der Waals surface area contributed by atoms with Gasteiger partial charge in [-0.3, -0.25) is 4.79 Å². The first kappa shape index (κ1) is 11.6. The molecule has 0 spiro atoms. The Morgan fingerprint density at radius 3 is 2.56 bits per heavy atom. The maximum Gasteiger partial charge on any atom is 0.162 e. The largest absolute Gasteiger partial charge is 0.388 e. The van der Waals surface area contributed by atoms with E-state index in [0.717, 1.165) is 18.4 Å². The van der Waals surface area contributed by atoms with E-state index in [1.165, 1.54) is 11.1 Å². The third kappa shape index (κ3) is 1.47. The summed E-state index contributed by atoms with van der Waals surface area (Å²) in [7, 11) is 0. The van der Waals surface area contributed by atoms with Crippen molar-refractivity contribution >= 4 is 5.78 Å². The summed E-state index contributed by atoms with van der Waals surface area (Å²) in [5.74, 6) is 0.191. The number of carbonyl (C=O) groups is 1. The molecule has 16 heavy (non-hydrogen) atoms. The summed E-state index contributed by atoms with van der Waals surface area (Å²) < 4.78 is 0. The number of hydrogen-bond acceptors (Lipinski definition) is 2. The third-order valence-electron chi connectivity index (χ3n) is 4.47. The average molecular weight is 220 g/mol. The van der Waals surface area contributed by atoms with Gasteiger partial charge in [-0.25, -0.2) is 0 Å². The zero-order valence-electron chi connectivity index (χ0n) is 10.5. The molecule has 1 N–H and O–H groups in total. The van der Waals surface area contributed by atoms with Gasteiger partial charge in [0.15, 0.2) is 5.78 Å². The van der Waals surface area contributed by atoms with E-state index in [9.17, 15) is 9.90 Å². The summed E-state index contributed by atoms with van der Waals surface area (Å²) in [5, 5.41) is 10.2. The summed E-state index contributed by atoms with van der Waals surface area (Å²) in [6.45, 7) is 8.06. The third-order valence-corrected chi connectivity index (χ3v) is 4.47. The topological polar surface area (TPSA) is 37.3 Å².